The standard InChI is InChI=1S/C15H25NO6/c1-15(2,3)22-14(19)16-10-8-6-7-9(10)11(12(17)20-4)13(18)21-5/h9-11H,6-8H2,1-5H3,(H,16,19)/t9-,10-/m1/s1. The number of hydrogen-bond acceptors (Lipinski definition) is 6. The molecule has 1 fully saturated rings. The highest BCUT2D eigenvalue weighted by Crippen LogP contribution is 2.33. The normalized spacial score (nSPS) is 21.4. The predicted molar refractivity (Wildman–Crippen MR) is 78.0 cm³/mol. The van der Waals surface area contributed by atoms with E-state index in [1.54, 1.807) is 20.8 Å². The lowest BCUT2D eigenvalue weighted by Crippen LogP contribution is -2.46. The zero-order chi connectivity index (χ0) is 16.9. The van der Waals surface area contributed by atoms with Crippen LogP contribution in [0.5, 0.6) is 0 Å². The zero-order valence-electron chi connectivity index (χ0n) is 13.8. The highest BCUT2D eigenvalue weighted by atomic mass is 16.6. The molecule has 1 aliphatic carbocycles. The van der Waals surface area contributed by atoms with Gasteiger partial charge in [-0.15, -0.1) is 0 Å². The Morgan fingerprint density at radius 3 is 2.05 bits per heavy atom. The van der Waals surface area contributed by atoms with E-state index < -0.39 is 29.6 Å². The first kappa shape index (κ1) is 18.3. The van der Waals surface area contributed by atoms with Crippen molar-refractivity contribution in [1.82, 2.24) is 5.32 Å². The van der Waals surface area contributed by atoms with Crippen molar-refractivity contribution in [2.45, 2.75) is 51.7 Å². The van der Waals surface area contributed by atoms with E-state index in [9.17, 15) is 14.4 Å². The second-order valence-electron chi connectivity index (χ2n) is 6.37. The number of amides is 1. The number of carbonyl (C=O) groups is 3. The van der Waals surface area contributed by atoms with Crippen LogP contribution in [0.1, 0.15) is 40.0 Å². The predicted octanol–water partition coefficient (Wildman–Crippen LogP) is 1.64. The molecule has 0 aromatic rings. The fourth-order valence-corrected chi connectivity index (χ4v) is 2.73. The van der Waals surface area contributed by atoms with Crippen molar-refractivity contribution in [2.75, 3.05) is 14.2 Å². The van der Waals surface area contributed by atoms with E-state index in [0.29, 0.717) is 12.8 Å². The molecule has 0 saturated heterocycles. The molecule has 2 atom stereocenters. The van der Waals surface area contributed by atoms with E-state index in [1.165, 1.54) is 14.2 Å². The summed E-state index contributed by atoms with van der Waals surface area (Å²) in [7, 11) is 2.45. The number of carbonyl (C=O) groups excluding carboxylic acids is 3. The first-order valence-electron chi connectivity index (χ1n) is 7.34. The Balaban J connectivity index is 2.81. The third-order valence-electron chi connectivity index (χ3n) is 3.61. The van der Waals surface area contributed by atoms with Crippen LogP contribution in [0, 0.1) is 11.8 Å². The van der Waals surface area contributed by atoms with Crippen molar-refractivity contribution < 1.29 is 28.6 Å². The number of rotatable bonds is 4. The monoisotopic (exact) mass is 315 g/mol. The molecular formula is C15H25NO6. The van der Waals surface area contributed by atoms with Gasteiger partial charge in [-0.1, -0.05) is 6.42 Å². The Kier molecular flexibility index (Phi) is 6.20. The quantitative estimate of drug-likeness (QED) is 0.482. The molecule has 22 heavy (non-hydrogen) atoms. The molecule has 0 bridgehead atoms. The summed E-state index contributed by atoms with van der Waals surface area (Å²) in [6.45, 7) is 5.30. The van der Waals surface area contributed by atoms with Gasteiger partial charge in [0, 0.05) is 12.0 Å². The molecular weight excluding hydrogens is 290 g/mol. The fraction of sp³-hybridized carbons (Fsp3) is 0.800. The maximum absolute atomic E-state index is 11.9. The second kappa shape index (κ2) is 7.47. The van der Waals surface area contributed by atoms with Crippen LogP contribution in [-0.2, 0) is 23.8 Å². The number of ether oxygens (including phenoxy) is 3. The maximum atomic E-state index is 11.9. The van der Waals surface area contributed by atoms with Gasteiger partial charge in [-0.05, 0) is 33.6 Å². The lowest BCUT2D eigenvalue weighted by molar-refractivity contribution is -0.162. The van der Waals surface area contributed by atoms with Gasteiger partial charge in [0.2, 0.25) is 0 Å². The van der Waals surface area contributed by atoms with Crippen LogP contribution in [0.4, 0.5) is 4.79 Å². The fourth-order valence-electron chi connectivity index (χ4n) is 2.73. The minimum Gasteiger partial charge on any atom is -0.468 e. The summed E-state index contributed by atoms with van der Waals surface area (Å²) in [5, 5.41) is 2.75. The SMILES string of the molecule is COC(=O)C(C(=O)OC)[C@@H]1CCC[C@H]1NC(=O)OC(C)(C)C. The topological polar surface area (TPSA) is 90.9 Å². The summed E-state index contributed by atoms with van der Waals surface area (Å²) in [6, 6.07) is -0.321. The van der Waals surface area contributed by atoms with Gasteiger partial charge in [0.15, 0.2) is 5.92 Å². The highest BCUT2D eigenvalue weighted by Gasteiger charge is 2.44. The number of nitrogens with one attached hydrogen (secondary N) is 1. The Morgan fingerprint density at radius 1 is 1.05 bits per heavy atom. The first-order valence-corrected chi connectivity index (χ1v) is 7.34. The van der Waals surface area contributed by atoms with Gasteiger partial charge in [-0.2, -0.15) is 0 Å². The molecule has 1 aliphatic rings. The zero-order valence-corrected chi connectivity index (χ0v) is 13.8. The Hall–Kier alpha value is -1.79. The summed E-state index contributed by atoms with van der Waals surface area (Å²) in [5.74, 6) is -2.67. The highest BCUT2D eigenvalue weighted by molar-refractivity contribution is 5.95. The first-order chi connectivity index (χ1) is 10.2. The van der Waals surface area contributed by atoms with E-state index in [2.05, 4.69) is 5.32 Å². The van der Waals surface area contributed by atoms with Crippen LogP contribution in [0.2, 0.25) is 0 Å². The van der Waals surface area contributed by atoms with Gasteiger partial charge < -0.3 is 19.5 Å². The number of methoxy groups -OCH3 is 2. The van der Waals surface area contributed by atoms with Crippen molar-refractivity contribution in [2.24, 2.45) is 11.8 Å². The van der Waals surface area contributed by atoms with Gasteiger partial charge >= 0.3 is 18.0 Å². The number of alkyl carbamates (subject to hydrolysis) is 1. The minimum atomic E-state index is -1.03. The number of hydrogen-bond donors (Lipinski definition) is 1. The van der Waals surface area contributed by atoms with Gasteiger partial charge in [0.25, 0.3) is 0 Å². The molecule has 1 rings (SSSR count). The van der Waals surface area contributed by atoms with Crippen molar-refractivity contribution >= 4 is 18.0 Å². The summed E-state index contributed by atoms with van der Waals surface area (Å²) in [4.78, 5) is 35.7. The largest absolute Gasteiger partial charge is 0.468 e. The summed E-state index contributed by atoms with van der Waals surface area (Å²) in [5.41, 5.74) is -0.609. The second-order valence-corrected chi connectivity index (χ2v) is 6.37. The van der Waals surface area contributed by atoms with E-state index in [0.717, 1.165) is 6.42 Å². The van der Waals surface area contributed by atoms with E-state index >= 15 is 0 Å². The van der Waals surface area contributed by atoms with Crippen LogP contribution in [-0.4, -0.2) is 43.9 Å². The van der Waals surface area contributed by atoms with Crippen molar-refractivity contribution in [3.63, 3.8) is 0 Å². The molecule has 1 saturated carbocycles. The smallest absolute Gasteiger partial charge is 0.407 e. The molecule has 0 heterocycles. The molecule has 0 aromatic heterocycles. The van der Waals surface area contributed by atoms with Crippen molar-refractivity contribution in [3.8, 4) is 0 Å². The van der Waals surface area contributed by atoms with Crippen LogP contribution < -0.4 is 5.32 Å². The van der Waals surface area contributed by atoms with Crippen molar-refractivity contribution in [1.29, 1.82) is 0 Å². The van der Waals surface area contributed by atoms with Crippen LogP contribution in [0.15, 0.2) is 0 Å². The molecule has 0 aromatic carbocycles. The minimum absolute atomic E-state index is 0.321. The molecule has 0 radical (unpaired) electrons. The van der Waals surface area contributed by atoms with Crippen LogP contribution >= 0.6 is 0 Å². The van der Waals surface area contributed by atoms with Crippen LogP contribution in [0.25, 0.3) is 0 Å². The third-order valence-corrected chi connectivity index (χ3v) is 3.61. The van der Waals surface area contributed by atoms with Gasteiger partial charge in [0.1, 0.15) is 5.60 Å². The van der Waals surface area contributed by atoms with Gasteiger partial charge in [-0.25, -0.2) is 4.79 Å². The number of esters is 2. The Morgan fingerprint density at radius 2 is 1.59 bits per heavy atom. The molecule has 0 aliphatic heterocycles. The van der Waals surface area contributed by atoms with E-state index in [-0.39, 0.29) is 12.0 Å². The molecule has 1 amide bonds. The van der Waals surface area contributed by atoms with Crippen LogP contribution in [0.3, 0.4) is 0 Å². The molecule has 126 valence electrons. The maximum Gasteiger partial charge on any atom is 0.407 e. The summed E-state index contributed by atoms with van der Waals surface area (Å²) < 4.78 is 14.6. The van der Waals surface area contributed by atoms with Gasteiger partial charge in [0.05, 0.1) is 14.2 Å². The van der Waals surface area contributed by atoms with E-state index in [4.69, 9.17) is 14.2 Å². The summed E-state index contributed by atoms with van der Waals surface area (Å²) in [6.07, 6.45) is 1.55. The lowest BCUT2D eigenvalue weighted by Gasteiger charge is -2.27. The van der Waals surface area contributed by atoms with Gasteiger partial charge in [-0.3, -0.25) is 9.59 Å². The molecule has 0 spiro atoms. The lowest BCUT2D eigenvalue weighted by atomic mass is 9.88. The Bertz CT molecular complexity index is 412. The molecule has 7 heteroatoms. The molecule has 1 N–H and O–H groups in total. The average molecular weight is 315 g/mol. The third kappa shape index (κ3) is 4.89. The summed E-state index contributed by atoms with van der Waals surface area (Å²) >= 11 is 0. The average Bonchev–Trinajstić information content (AvgIpc) is 2.84. The van der Waals surface area contributed by atoms with Crippen molar-refractivity contribution in [3.05, 3.63) is 0 Å². The Labute approximate surface area is 130 Å². The molecule has 7 nitrogen and oxygen atoms in total. The van der Waals surface area contributed by atoms with E-state index in [1.807, 2.05) is 0 Å². The molecule has 0 unspecified atom stereocenters.